The summed E-state index contributed by atoms with van der Waals surface area (Å²) in [5.74, 6) is 0.199. The lowest BCUT2D eigenvalue weighted by Gasteiger charge is -2.18. The fraction of sp³-hybridized carbons (Fsp3) is 0.130. The molecule has 1 unspecified atom stereocenters. The van der Waals surface area contributed by atoms with Gasteiger partial charge in [0.15, 0.2) is 5.16 Å². The van der Waals surface area contributed by atoms with Crippen molar-refractivity contribution in [2.24, 2.45) is 0 Å². The molecule has 0 bridgehead atoms. The van der Waals surface area contributed by atoms with Gasteiger partial charge in [-0.05, 0) is 42.8 Å². The number of carbonyl (C=O) groups excluding carboxylic acids is 1. The Labute approximate surface area is 188 Å². The van der Waals surface area contributed by atoms with Crippen LogP contribution in [0, 0.1) is 0 Å². The third kappa shape index (κ3) is 4.62. The molecule has 0 saturated heterocycles. The van der Waals surface area contributed by atoms with E-state index in [1.54, 1.807) is 28.8 Å². The monoisotopic (exact) mass is 450 g/mol. The summed E-state index contributed by atoms with van der Waals surface area (Å²) in [6, 6.07) is 19.8. The van der Waals surface area contributed by atoms with Gasteiger partial charge >= 0.3 is 0 Å². The number of halogens is 1. The molecule has 8 heteroatoms. The number of nitrogens with one attached hydrogen (secondary N) is 1. The van der Waals surface area contributed by atoms with Crippen molar-refractivity contribution in [3.63, 3.8) is 0 Å². The van der Waals surface area contributed by atoms with Gasteiger partial charge in [0.05, 0.1) is 26.9 Å². The number of carbonyl (C=O) groups is 1. The smallest absolute Gasteiger partial charge is 0.266 e. The molecule has 1 N–H and O–H groups in total. The van der Waals surface area contributed by atoms with E-state index in [0.717, 1.165) is 0 Å². The first-order valence-electron chi connectivity index (χ1n) is 9.73. The molecule has 0 saturated carbocycles. The van der Waals surface area contributed by atoms with Gasteiger partial charge in [-0.1, -0.05) is 60.6 Å². The summed E-state index contributed by atoms with van der Waals surface area (Å²) in [6.45, 7) is 1.92. The number of para-hydroxylation sites is 2. The summed E-state index contributed by atoms with van der Waals surface area (Å²) in [4.78, 5) is 35.0. The zero-order chi connectivity index (χ0) is 21.8. The summed E-state index contributed by atoms with van der Waals surface area (Å²) < 4.78 is 1.56. The van der Waals surface area contributed by atoms with Crippen LogP contribution in [-0.2, 0) is 4.79 Å². The number of rotatable bonds is 6. The number of hydrogen-bond acceptors (Lipinski definition) is 5. The number of hydrogen-bond donors (Lipinski definition) is 1. The average molecular weight is 451 g/mol. The lowest BCUT2D eigenvalue weighted by atomic mass is 10.2. The van der Waals surface area contributed by atoms with Crippen molar-refractivity contribution in [2.45, 2.75) is 23.8 Å². The highest BCUT2D eigenvalue weighted by atomic mass is 35.5. The Morgan fingerprint density at radius 1 is 1.10 bits per heavy atom. The van der Waals surface area contributed by atoms with E-state index < -0.39 is 5.25 Å². The van der Waals surface area contributed by atoms with Crippen molar-refractivity contribution in [3.05, 3.63) is 88.3 Å². The van der Waals surface area contributed by atoms with Crippen LogP contribution in [0.5, 0.6) is 0 Å². The number of benzene rings is 2. The molecule has 2 aromatic heterocycles. The highest BCUT2D eigenvalue weighted by Crippen LogP contribution is 2.27. The minimum Gasteiger partial charge on any atom is -0.310 e. The average Bonchev–Trinajstić information content (AvgIpc) is 2.79. The highest BCUT2D eigenvalue weighted by Gasteiger charge is 2.23. The molecule has 4 rings (SSSR count). The molecule has 0 aliphatic carbocycles. The Bertz CT molecular complexity index is 1280. The third-order valence-electron chi connectivity index (χ3n) is 4.65. The van der Waals surface area contributed by atoms with Crippen LogP contribution >= 0.6 is 23.4 Å². The Kier molecular flexibility index (Phi) is 6.34. The van der Waals surface area contributed by atoms with Crippen LogP contribution < -0.4 is 10.9 Å². The summed E-state index contributed by atoms with van der Waals surface area (Å²) in [7, 11) is 0. The lowest BCUT2D eigenvalue weighted by molar-refractivity contribution is -0.115. The van der Waals surface area contributed by atoms with Crippen molar-refractivity contribution >= 4 is 46.0 Å². The van der Waals surface area contributed by atoms with Gasteiger partial charge in [-0.15, -0.1) is 0 Å². The Morgan fingerprint density at radius 3 is 2.55 bits per heavy atom. The standard InChI is InChI=1S/C23H19ClN4O2S/c1-2-19(21(29)27-20-13-12-15(24)14-25-20)31-23-26-18-11-7-6-10-17(18)22(30)28(23)16-8-4-3-5-9-16/h3-14,19H,2H2,1H3,(H,25,27,29). The van der Waals surface area contributed by atoms with E-state index in [0.29, 0.717) is 39.0 Å². The number of fused-ring (bicyclic) bond motifs is 1. The van der Waals surface area contributed by atoms with Crippen LogP contribution in [0.4, 0.5) is 5.82 Å². The number of thioether (sulfide) groups is 1. The van der Waals surface area contributed by atoms with E-state index in [-0.39, 0.29) is 11.5 Å². The van der Waals surface area contributed by atoms with Crippen LogP contribution in [0.25, 0.3) is 16.6 Å². The molecule has 0 radical (unpaired) electrons. The van der Waals surface area contributed by atoms with E-state index in [1.165, 1.54) is 18.0 Å². The van der Waals surface area contributed by atoms with Crippen LogP contribution in [0.3, 0.4) is 0 Å². The predicted octanol–water partition coefficient (Wildman–Crippen LogP) is 4.94. The summed E-state index contributed by atoms with van der Waals surface area (Å²) >= 11 is 7.12. The van der Waals surface area contributed by atoms with Gasteiger partial charge < -0.3 is 5.32 Å². The maximum atomic E-state index is 13.3. The molecule has 1 atom stereocenters. The van der Waals surface area contributed by atoms with Gasteiger partial charge in [0.2, 0.25) is 5.91 Å². The Hall–Kier alpha value is -3.16. The topological polar surface area (TPSA) is 76.9 Å². The minimum atomic E-state index is -0.472. The van der Waals surface area contributed by atoms with E-state index >= 15 is 0 Å². The molecule has 31 heavy (non-hydrogen) atoms. The van der Waals surface area contributed by atoms with Crippen LogP contribution in [0.2, 0.25) is 5.02 Å². The first kappa shape index (κ1) is 21.1. The molecule has 2 aromatic carbocycles. The minimum absolute atomic E-state index is 0.172. The summed E-state index contributed by atoms with van der Waals surface area (Å²) in [5.41, 5.74) is 1.12. The fourth-order valence-corrected chi connectivity index (χ4v) is 4.25. The second kappa shape index (κ2) is 9.32. The molecule has 0 aliphatic heterocycles. The molecule has 6 nitrogen and oxygen atoms in total. The molecule has 4 aromatic rings. The van der Waals surface area contributed by atoms with E-state index in [4.69, 9.17) is 16.6 Å². The molecule has 1 amide bonds. The van der Waals surface area contributed by atoms with Gasteiger partial charge in [-0.3, -0.25) is 14.2 Å². The predicted molar refractivity (Wildman–Crippen MR) is 125 cm³/mol. The van der Waals surface area contributed by atoms with Crippen LogP contribution in [-0.4, -0.2) is 25.7 Å². The number of anilines is 1. The second-order valence-corrected chi connectivity index (χ2v) is 8.36. The second-order valence-electron chi connectivity index (χ2n) is 6.75. The fourth-order valence-electron chi connectivity index (χ4n) is 3.10. The number of pyridine rings is 1. The number of amides is 1. The lowest BCUT2D eigenvalue weighted by Crippen LogP contribution is -2.27. The van der Waals surface area contributed by atoms with Gasteiger partial charge in [0.1, 0.15) is 5.82 Å². The van der Waals surface area contributed by atoms with Crippen LogP contribution in [0.1, 0.15) is 13.3 Å². The van der Waals surface area contributed by atoms with Crippen molar-refractivity contribution in [2.75, 3.05) is 5.32 Å². The maximum Gasteiger partial charge on any atom is 0.266 e. The number of nitrogens with zero attached hydrogens (tertiary/aromatic N) is 3. The molecule has 0 spiro atoms. The molecule has 2 heterocycles. The van der Waals surface area contributed by atoms with Crippen LogP contribution in [0.15, 0.2) is 82.9 Å². The Morgan fingerprint density at radius 2 is 1.84 bits per heavy atom. The van der Waals surface area contributed by atoms with Gasteiger partial charge in [0, 0.05) is 6.20 Å². The molecule has 0 aliphatic rings. The molecular formula is C23H19ClN4O2S. The molecular weight excluding hydrogens is 432 g/mol. The van der Waals surface area contributed by atoms with Crippen molar-refractivity contribution in [1.82, 2.24) is 14.5 Å². The van der Waals surface area contributed by atoms with Gasteiger partial charge in [-0.25, -0.2) is 9.97 Å². The zero-order valence-corrected chi connectivity index (χ0v) is 18.2. The molecule has 156 valence electrons. The Balaban J connectivity index is 1.72. The van der Waals surface area contributed by atoms with Gasteiger partial charge in [0.25, 0.3) is 5.56 Å². The normalized spacial score (nSPS) is 11.9. The van der Waals surface area contributed by atoms with E-state index in [9.17, 15) is 9.59 Å². The van der Waals surface area contributed by atoms with E-state index in [2.05, 4.69) is 10.3 Å². The highest BCUT2D eigenvalue weighted by molar-refractivity contribution is 8.00. The van der Waals surface area contributed by atoms with Crippen molar-refractivity contribution < 1.29 is 4.79 Å². The zero-order valence-electron chi connectivity index (χ0n) is 16.7. The first-order valence-corrected chi connectivity index (χ1v) is 11.0. The third-order valence-corrected chi connectivity index (χ3v) is 6.19. The van der Waals surface area contributed by atoms with Gasteiger partial charge in [-0.2, -0.15) is 0 Å². The number of aromatic nitrogens is 3. The largest absolute Gasteiger partial charge is 0.310 e. The maximum absolute atomic E-state index is 13.3. The molecule has 0 fully saturated rings. The van der Waals surface area contributed by atoms with E-state index in [1.807, 2.05) is 49.4 Å². The SMILES string of the molecule is CCC(Sc1nc2ccccc2c(=O)n1-c1ccccc1)C(=O)Nc1ccc(Cl)cn1. The summed E-state index contributed by atoms with van der Waals surface area (Å²) in [6.07, 6.45) is 2.02. The first-order chi connectivity index (χ1) is 15.1. The quantitative estimate of drug-likeness (QED) is 0.332. The van der Waals surface area contributed by atoms with Crippen molar-refractivity contribution in [3.8, 4) is 5.69 Å². The van der Waals surface area contributed by atoms with Crippen molar-refractivity contribution in [1.29, 1.82) is 0 Å². The summed E-state index contributed by atoms with van der Waals surface area (Å²) in [5, 5.41) is 3.81.